The average Bonchev–Trinajstić information content (AvgIpc) is 2.50. The summed E-state index contributed by atoms with van der Waals surface area (Å²) < 4.78 is 33.0. The summed E-state index contributed by atoms with van der Waals surface area (Å²) in [4.78, 5) is 39.8. The highest BCUT2D eigenvalue weighted by Crippen LogP contribution is 2.71. The van der Waals surface area contributed by atoms with Crippen LogP contribution in [0, 0.1) is 0 Å². The smallest absolute Gasteiger partial charge is 0.420 e. The molecule has 0 aliphatic heterocycles. The van der Waals surface area contributed by atoms with Gasteiger partial charge in [-0.1, -0.05) is 0 Å². The first-order chi connectivity index (χ1) is 11.0. The highest BCUT2D eigenvalue weighted by Gasteiger charge is 2.61. The summed E-state index contributed by atoms with van der Waals surface area (Å²) in [5.74, 6) is -0.920. The molecule has 6 N–H and O–H groups in total. The van der Waals surface area contributed by atoms with Crippen molar-refractivity contribution < 1.29 is 43.0 Å². The van der Waals surface area contributed by atoms with Gasteiger partial charge in [0.15, 0.2) is 0 Å². The topological polar surface area (TPSA) is 177 Å². The summed E-state index contributed by atoms with van der Waals surface area (Å²) in [6, 6.07) is 4.69. The summed E-state index contributed by atoms with van der Waals surface area (Å²) in [5.41, 5.74) is 5.34. The van der Waals surface area contributed by atoms with Crippen LogP contribution in [0.3, 0.4) is 0 Å². The number of rotatable bonds is 8. The van der Waals surface area contributed by atoms with Gasteiger partial charge in [0.1, 0.15) is 5.75 Å². The molecule has 2 unspecified atom stereocenters. The fourth-order valence-corrected chi connectivity index (χ4v) is 4.66. The van der Waals surface area contributed by atoms with Gasteiger partial charge in [-0.3, -0.25) is 4.57 Å². The zero-order valence-corrected chi connectivity index (χ0v) is 14.5. The number of esters is 1. The molecular weight excluding hydrogens is 364 g/mol. The SMILES string of the molecule is COC(=O)c1ccc(OP(=O)(O)C(O)(CCCN)P(=O)(O)O)cc1. The molecule has 0 amide bonds. The van der Waals surface area contributed by atoms with Crippen molar-refractivity contribution >= 4 is 21.2 Å². The van der Waals surface area contributed by atoms with Crippen molar-refractivity contribution in [2.75, 3.05) is 13.7 Å². The molecule has 1 aromatic rings. The number of methoxy groups -OCH3 is 1. The van der Waals surface area contributed by atoms with Crippen LogP contribution < -0.4 is 10.3 Å². The lowest BCUT2D eigenvalue weighted by atomic mass is 10.2. The van der Waals surface area contributed by atoms with Crippen LogP contribution in [0.15, 0.2) is 24.3 Å². The molecule has 0 aliphatic rings. The van der Waals surface area contributed by atoms with Crippen LogP contribution in [0.1, 0.15) is 23.2 Å². The molecule has 10 nitrogen and oxygen atoms in total. The van der Waals surface area contributed by atoms with E-state index in [1.165, 1.54) is 19.2 Å². The van der Waals surface area contributed by atoms with Crippen LogP contribution in [0.4, 0.5) is 0 Å². The molecule has 0 aromatic heterocycles. The van der Waals surface area contributed by atoms with Crippen molar-refractivity contribution in [1.82, 2.24) is 0 Å². The zero-order valence-electron chi connectivity index (χ0n) is 12.7. The van der Waals surface area contributed by atoms with Crippen molar-refractivity contribution in [1.29, 1.82) is 0 Å². The molecule has 136 valence electrons. The molecule has 0 spiro atoms. The number of benzene rings is 1. The van der Waals surface area contributed by atoms with E-state index >= 15 is 0 Å². The Morgan fingerprint density at radius 3 is 2.17 bits per heavy atom. The van der Waals surface area contributed by atoms with Crippen molar-refractivity contribution in [2.45, 2.75) is 17.9 Å². The Morgan fingerprint density at radius 2 is 1.75 bits per heavy atom. The molecule has 2 atom stereocenters. The minimum atomic E-state index is -5.42. The van der Waals surface area contributed by atoms with Gasteiger partial charge in [-0.05, 0) is 37.2 Å². The molecule has 0 saturated carbocycles. The molecule has 0 heterocycles. The predicted octanol–water partition coefficient (Wildman–Crippen LogP) is 0.600. The fraction of sp³-hybridized carbons (Fsp3) is 0.417. The number of nitrogens with two attached hydrogens (primary N) is 1. The number of ether oxygens (including phenoxy) is 1. The monoisotopic (exact) mass is 383 g/mol. The van der Waals surface area contributed by atoms with E-state index in [1.54, 1.807) is 0 Å². The maximum atomic E-state index is 12.3. The van der Waals surface area contributed by atoms with Crippen LogP contribution in [0.2, 0.25) is 0 Å². The lowest BCUT2D eigenvalue weighted by Gasteiger charge is -2.31. The van der Waals surface area contributed by atoms with Crippen LogP contribution >= 0.6 is 15.2 Å². The van der Waals surface area contributed by atoms with Crippen molar-refractivity contribution in [3.8, 4) is 5.75 Å². The van der Waals surface area contributed by atoms with Crippen LogP contribution in [0.25, 0.3) is 0 Å². The number of hydrogen-bond acceptors (Lipinski definition) is 7. The zero-order chi connectivity index (χ0) is 18.6. The first-order valence-electron chi connectivity index (χ1n) is 6.67. The van der Waals surface area contributed by atoms with Crippen LogP contribution in [-0.2, 0) is 13.9 Å². The molecule has 0 aliphatic carbocycles. The van der Waals surface area contributed by atoms with Crippen LogP contribution in [-0.4, -0.2) is 44.5 Å². The van der Waals surface area contributed by atoms with Crippen molar-refractivity contribution in [3.63, 3.8) is 0 Å². The Balaban J connectivity index is 3.11. The third-order valence-corrected chi connectivity index (χ3v) is 7.42. The Kier molecular flexibility index (Phi) is 6.72. The second-order valence-corrected chi connectivity index (χ2v) is 8.98. The lowest BCUT2D eigenvalue weighted by Crippen LogP contribution is -2.31. The van der Waals surface area contributed by atoms with E-state index in [1.807, 2.05) is 0 Å². The fourth-order valence-electron chi connectivity index (χ4n) is 1.78. The summed E-state index contributed by atoms with van der Waals surface area (Å²) >= 11 is 0. The summed E-state index contributed by atoms with van der Waals surface area (Å²) in [6.07, 6.45) is -0.849. The largest absolute Gasteiger partial charge is 0.465 e. The molecule has 0 saturated heterocycles. The van der Waals surface area contributed by atoms with Gasteiger partial charge < -0.3 is 34.8 Å². The summed E-state index contributed by atoms with van der Waals surface area (Å²) in [6.45, 7) is -0.0594. The van der Waals surface area contributed by atoms with Crippen molar-refractivity contribution in [3.05, 3.63) is 29.8 Å². The van der Waals surface area contributed by atoms with Gasteiger partial charge >= 0.3 is 21.2 Å². The molecule has 0 bridgehead atoms. The first kappa shape index (κ1) is 20.8. The van der Waals surface area contributed by atoms with E-state index in [0.29, 0.717) is 0 Å². The molecule has 1 aromatic carbocycles. The normalized spacial score (nSPS) is 16.8. The molecule has 0 radical (unpaired) electrons. The standard InChI is InChI=1S/C12H19NO9P2/c1-21-11(14)9-3-5-10(6-4-9)22-24(19,20)12(15,7-2-8-13)23(16,17)18/h3-6,15H,2,7-8,13H2,1H3,(H,19,20)(H2,16,17,18). The van der Waals surface area contributed by atoms with Gasteiger partial charge in [0, 0.05) is 6.42 Å². The minimum Gasteiger partial charge on any atom is -0.465 e. The number of carbonyl (C=O) groups is 1. The Morgan fingerprint density at radius 1 is 1.21 bits per heavy atom. The average molecular weight is 383 g/mol. The maximum Gasteiger partial charge on any atom is 0.420 e. The second-order valence-electron chi connectivity index (χ2n) is 4.84. The van der Waals surface area contributed by atoms with Gasteiger partial charge in [0.25, 0.3) is 5.08 Å². The first-order valence-corrected chi connectivity index (χ1v) is 9.86. The molecule has 24 heavy (non-hydrogen) atoms. The Hall–Kier alpha value is -1.25. The third-order valence-electron chi connectivity index (χ3n) is 3.14. The predicted molar refractivity (Wildman–Crippen MR) is 83.5 cm³/mol. The van der Waals surface area contributed by atoms with E-state index < -0.39 is 32.7 Å². The second kappa shape index (κ2) is 7.76. The highest BCUT2D eigenvalue weighted by atomic mass is 31.2. The highest BCUT2D eigenvalue weighted by molar-refractivity contribution is 7.72. The Labute approximate surface area is 137 Å². The van der Waals surface area contributed by atoms with E-state index in [2.05, 4.69) is 4.74 Å². The van der Waals surface area contributed by atoms with Gasteiger partial charge in [0.2, 0.25) is 0 Å². The molecule has 0 fully saturated rings. The molecular formula is C12H19NO9P2. The Bertz CT molecular complexity index is 672. The quantitative estimate of drug-likeness (QED) is 0.315. The summed E-state index contributed by atoms with van der Waals surface area (Å²) in [5, 5.41) is 6.83. The number of hydrogen-bond donors (Lipinski definition) is 5. The van der Waals surface area contributed by atoms with Crippen molar-refractivity contribution in [2.24, 2.45) is 5.73 Å². The summed E-state index contributed by atoms with van der Waals surface area (Å²) in [7, 11) is -9.46. The third kappa shape index (κ3) is 4.43. The lowest BCUT2D eigenvalue weighted by molar-refractivity contribution is 0.0600. The maximum absolute atomic E-state index is 12.3. The van der Waals surface area contributed by atoms with Gasteiger partial charge in [-0.25, -0.2) is 9.36 Å². The number of carbonyl (C=O) groups excluding carboxylic acids is 1. The minimum absolute atomic E-state index is 0.0594. The van der Waals surface area contributed by atoms with Gasteiger partial charge in [0.05, 0.1) is 12.7 Å². The van der Waals surface area contributed by atoms with E-state index in [9.17, 15) is 33.7 Å². The van der Waals surface area contributed by atoms with E-state index in [0.717, 1.165) is 12.1 Å². The van der Waals surface area contributed by atoms with Gasteiger partial charge in [-0.2, -0.15) is 0 Å². The molecule has 12 heteroatoms. The van der Waals surface area contributed by atoms with E-state index in [-0.39, 0.29) is 24.3 Å². The number of aliphatic hydroxyl groups is 1. The van der Waals surface area contributed by atoms with E-state index in [4.69, 9.17) is 10.3 Å². The molecule has 1 rings (SSSR count). The van der Waals surface area contributed by atoms with Crippen LogP contribution in [0.5, 0.6) is 5.75 Å². The van der Waals surface area contributed by atoms with Gasteiger partial charge in [-0.15, -0.1) is 0 Å².